The summed E-state index contributed by atoms with van der Waals surface area (Å²) in [7, 11) is 0. The molecule has 6 nitrogen and oxygen atoms in total. The number of hydrogen-bond acceptors (Lipinski definition) is 5. The molecule has 6 heteroatoms. The smallest absolute Gasteiger partial charge is 0.253 e. The lowest BCUT2D eigenvalue weighted by atomic mass is 10.0. The highest BCUT2D eigenvalue weighted by molar-refractivity contribution is 5.94. The molecule has 0 N–H and O–H groups in total. The van der Waals surface area contributed by atoms with Crippen molar-refractivity contribution in [1.29, 1.82) is 0 Å². The number of rotatable bonds is 4. The molecule has 1 aromatic heterocycles. The summed E-state index contributed by atoms with van der Waals surface area (Å²) in [6.45, 7) is 2.99. The molecule has 1 spiro atoms. The summed E-state index contributed by atoms with van der Waals surface area (Å²) in [5, 5.41) is 0. The molecular formula is C20H22N2O4. The van der Waals surface area contributed by atoms with E-state index in [0.717, 1.165) is 18.4 Å². The van der Waals surface area contributed by atoms with Crippen molar-refractivity contribution in [3.63, 3.8) is 0 Å². The summed E-state index contributed by atoms with van der Waals surface area (Å²) in [4.78, 5) is 18.7. The highest BCUT2D eigenvalue weighted by Crippen LogP contribution is 2.31. The molecule has 0 saturated carbocycles. The van der Waals surface area contributed by atoms with Gasteiger partial charge in [0.2, 0.25) is 0 Å². The predicted molar refractivity (Wildman–Crippen MR) is 94.8 cm³/mol. The number of carbonyl (C=O) groups excluding carboxylic acids is 1. The second-order valence-corrected chi connectivity index (χ2v) is 6.58. The van der Waals surface area contributed by atoms with E-state index in [0.29, 0.717) is 44.2 Å². The fraction of sp³-hybridized carbons (Fsp3) is 0.400. The fourth-order valence-electron chi connectivity index (χ4n) is 3.39. The van der Waals surface area contributed by atoms with Gasteiger partial charge in [-0.2, -0.15) is 0 Å². The molecule has 0 aliphatic carbocycles. The number of likely N-dealkylation sites (tertiary alicyclic amines) is 1. The van der Waals surface area contributed by atoms with Gasteiger partial charge in [0.05, 0.1) is 13.2 Å². The largest absolute Gasteiger partial charge is 0.489 e. The lowest BCUT2D eigenvalue weighted by Gasteiger charge is -2.37. The average molecular weight is 354 g/mol. The van der Waals surface area contributed by atoms with Gasteiger partial charge in [-0.3, -0.25) is 9.78 Å². The summed E-state index contributed by atoms with van der Waals surface area (Å²) >= 11 is 0. The van der Waals surface area contributed by atoms with E-state index in [-0.39, 0.29) is 5.91 Å². The molecule has 1 aromatic carbocycles. The summed E-state index contributed by atoms with van der Waals surface area (Å²) in [6, 6.07) is 11.2. The Hall–Kier alpha value is -2.44. The first kappa shape index (κ1) is 17.0. The first-order valence-corrected chi connectivity index (χ1v) is 8.93. The number of nitrogens with zero attached hydrogens (tertiary/aromatic N) is 2. The SMILES string of the molecule is O=C(c1cccc(OCc2cccnc2)c1)N1CCC2(CC1)OCCO2. The van der Waals surface area contributed by atoms with Crippen molar-refractivity contribution >= 4 is 5.91 Å². The minimum Gasteiger partial charge on any atom is -0.489 e. The number of piperidine rings is 1. The fourth-order valence-corrected chi connectivity index (χ4v) is 3.39. The molecule has 26 heavy (non-hydrogen) atoms. The lowest BCUT2D eigenvalue weighted by Crippen LogP contribution is -2.47. The molecule has 2 aliphatic rings. The van der Waals surface area contributed by atoms with Gasteiger partial charge in [-0.05, 0) is 24.3 Å². The van der Waals surface area contributed by atoms with Gasteiger partial charge in [-0.25, -0.2) is 0 Å². The maximum absolute atomic E-state index is 12.8. The van der Waals surface area contributed by atoms with Gasteiger partial charge in [0.1, 0.15) is 12.4 Å². The van der Waals surface area contributed by atoms with E-state index < -0.39 is 5.79 Å². The second kappa shape index (κ2) is 7.43. The Bertz CT molecular complexity index is 749. The number of amides is 1. The minimum absolute atomic E-state index is 0.0182. The number of benzene rings is 1. The van der Waals surface area contributed by atoms with Crippen LogP contribution in [0.3, 0.4) is 0 Å². The first-order valence-electron chi connectivity index (χ1n) is 8.93. The summed E-state index contributed by atoms with van der Waals surface area (Å²) in [5.74, 6) is 0.228. The molecule has 3 heterocycles. The molecule has 2 aromatic rings. The normalized spacial score (nSPS) is 18.8. The zero-order chi connectivity index (χ0) is 17.8. The summed E-state index contributed by atoms with van der Waals surface area (Å²) < 4.78 is 17.2. The van der Waals surface area contributed by atoms with Crippen LogP contribution in [0.1, 0.15) is 28.8 Å². The van der Waals surface area contributed by atoms with Gasteiger partial charge in [-0.15, -0.1) is 0 Å². The van der Waals surface area contributed by atoms with Crippen molar-refractivity contribution in [2.24, 2.45) is 0 Å². The van der Waals surface area contributed by atoms with Gasteiger partial charge in [0.15, 0.2) is 5.79 Å². The number of carbonyl (C=O) groups is 1. The van der Waals surface area contributed by atoms with Crippen LogP contribution >= 0.6 is 0 Å². The highest BCUT2D eigenvalue weighted by atomic mass is 16.7. The summed E-state index contributed by atoms with van der Waals surface area (Å²) in [5.41, 5.74) is 1.63. The highest BCUT2D eigenvalue weighted by Gasteiger charge is 2.40. The van der Waals surface area contributed by atoms with Crippen molar-refractivity contribution in [2.75, 3.05) is 26.3 Å². The number of ether oxygens (including phenoxy) is 3. The zero-order valence-corrected chi connectivity index (χ0v) is 14.6. The molecule has 136 valence electrons. The standard InChI is InChI=1S/C20H22N2O4/c23-19(22-9-6-20(7-10-22)25-11-12-26-20)17-4-1-5-18(13-17)24-15-16-3-2-8-21-14-16/h1-5,8,13-14H,6-7,9-12,15H2. The van der Waals surface area contributed by atoms with Crippen LogP contribution in [0.5, 0.6) is 5.75 Å². The van der Waals surface area contributed by atoms with Crippen molar-refractivity contribution < 1.29 is 19.0 Å². The average Bonchev–Trinajstić information content (AvgIpc) is 3.15. The first-order chi connectivity index (χ1) is 12.7. The molecule has 2 fully saturated rings. The third kappa shape index (κ3) is 3.71. The van der Waals surface area contributed by atoms with Crippen LogP contribution in [0.2, 0.25) is 0 Å². The predicted octanol–water partition coefficient (Wildman–Crippen LogP) is 2.64. The van der Waals surface area contributed by atoms with Crippen LogP contribution < -0.4 is 4.74 Å². The van der Waals surface area contributed by atoms with E-state index in [1.165, 1.54) is 0 Å². The topological polar surface area (TPSA) is 60.9 Å². The minimum atomic E-state index is -0.467. The Morgan fingerprint density at radius 2 is 1.96 bits per heavy atom. The number of hydrogen-bond donors (Lipinski definition) is 0. The Kier molecular flexibility index (Phi) is 4.86. The molecule has 0 unspecified atom stereocenters. The lowest BCUT2D eigenvalue weighted by molar-refractivity contribution is -0.181. The Morgan fingerprint density at radius 3 is 2.69 bits per heavy atom. The summed E-state index contributed by atoms with van der Waals surface area (Å²) in [6.07, 6.45) is 4.94. The third-order valence-corrected chi connectivity index (χ3v) is 4.84. The van der Waals surface area contributed by atoms with Crippen molar-refractivity contribution in [3.05, 3.63) is 59.9 Å². The van der Waals surface area contributed by atoms with Crippen molar-refractivity contribution in [1.82, 2.24) is 9.88 Å². The van der Waals surface area contributed by atoms with E-state index in [4.69, 9.17) is 14.2 Å². The van der Waals surface area contributed by atoms with Crippen LogP contribution in [0.25, 0.3) is 0 Å². The Morgan fingerprint density at radius 1 is 1.15 bits per heavy atom. The Labute approximate surface area is 152 Å². The number of pyridine rings is 1. The van der Waals surface area contributed by atoms with Gasteiger partial charge in [-0.1, -0.05) is 12.1 Å². The molecule has 4 rings (SSSR count). The van der Waals surface area contributed by atoms with E-state index in [1.54, 1.807) is 18.5 Å². The maximum Gasteiger partial charge on any atom is 0.253 e. The van der Waals surface area contributed by atoms with Gasteiger partial charge >= 0.3 is 0 Å². The van der Waals surface area contributed by atoms with E-state index in [9.17, 15) is 4.79 Å². The third-order valence-electron chi connectivity index (χ3n) is 4.84. The molecule has 2 saturated heterocycles. The van der Waals surface area contributed by atoms with E-state index >= 15 is 0 Å². The molecule has 1 amide bonds. The van der Waals surface area contributed by atoms with Crippen LogP contribution in [0.15, 0.2) is 48.8 Å². The van der Waals surface area contributed by atoms with Crippen LogP contribution in [-0.4, -0.2) is 47.9 Å². The molecule has 0 radical (unpaired) electrons. The van der Waals surface area contributed by atoms with Crippen LogP contribution in [0, 0.1) is 0 Å². The quantitative estimate of drug-likeness (QED) is 0.845. The molecule has 0 bridgehead atoms. The second-order valence-electron chi connectivity index (χ2n) is 6.58. The van der Waals surface area contributed by atoms with Crippen LogP contribution in [-0.2, 0) is 16.1 Å². The maximum atomic E-state index is 12.8. The van der Waals surface area contributed by atoms with Crippen molar-refractivity contribution in [2.45, 2.75) is 25.2 Å². The van der Waals surface area contributed by atoms with Gasteiger partial charge in [0, 0.05) is 49.5 Å². The molecule has 0 atom stereocenters. The monoisotopic (exact) mass is 354 g/mol. The molecular weight excluding hydrogens is 332 g/mol. The van der Waals surface area contributed by atoms with Crippen molar-refractivity contribution in [3.8, 4) is 5.75 Å². The Balaban J connectivity index is 1.37. The number of aromatic nitrogens is 1. The van der Waals surface area contributed by atoms with Crippen LogP contribution in [0.4, 0.5) is 0 Å². The zero-order valence-electron chi connectivity index (χ0n) is 14.6. The van der Waals surface area contributed by atoms with E-state index in [1.807, 2.05) is 35.2 Å². The van der Waals surface area contributed by atoms with E-state index in [2.05, 4.69) is 4.98 Å². The molecule has 2 aliphatic heterocycles. The van der Waals surface area contributed by atoms with Gasteiger partial charge < -0.3 is 19.1 Å². The van der Waals surface area contributed by atoms with Gasteiger partial charge in [0.25, 0.3) is 5.91 Å².